The summed E-state index contributed by atoms with van der Waals surface area (Å²) in [7, 11) is -3.56. The Kier molecular flexibility index (Phi) is 5.39. The second kappa shape index (κ2) is 6.98. The number of alkyl carbamates (subject to hydrolysis) is 1. The number of nitrogens with two attached hydrogens (primary N) is 1. The van der Waals surface area contributed by atoms with Gasteiger partial charge < -0.3 is 15.8 Å². The maximum atomic E-state index is 12.6. The van der Waals surface area contributed by atoms with Crippen molar-refractivity contribution in [2.45, 2.75) is 50.2 Å². The molecule has 1 amide bonds. The first-order chi connectivity index (χ1) is 11.1. The van der Waals surface area contributed by atoms with Crippen LogP contribution in [0.15, 0.2) is 29.2 Å². The summed E-state index contributed by atoms with van der Waals surface area (Å²) in [5.74, 6) is 0. The van der Waals surface area contributed by atoms with E-state index < -0.39 is 21.7 Å². The van der Waals surface area contributed by atoms with Crippen LogP contribution in [0.4, 0.5) is 10.5 Å². The molecule has 1 saturated heterocycles. The van der Waals surface area contributed by atoms with Crippen molar-refractivity contribution in [3.8, 4) is 0 Å². The molecule has 1 aromatic rings. The van der Waals surface area contributed by atoms with Crippen molar-refractivity contribution >= 4 is 21.8 Å². The summed E-state index contributed by atoms with van der Waals surface area (Å²) in [5.41, 5.74) is 5.53. The molecular weight excluding hydrogens is 330 g/mol. The third-order valence-electron chi connectivity index (χ3n) is 3.67. The molecule has 0 spiro atoms. The number of anilines is 1. The molecule has 0 aliphatic carbocycles. The number of sulfonamides is 1. The second-order valence-corrected chi connectivity index (χ2v) is 8.84. The molecular formula is C16H25N3O4S. The molecule has 8 heteroatoms. The zero-order valence-corrected chi connectivity index (χ0v) is 15.1. The number of nitrogens with zero attached hydrogens (tertiary/aromatic N) is 1. The van der Waals surface area contributed by atoms with E-state index in [1.165, 1.54) is 16.4 Å². The minimum absolute atomic E-state index is 0.0906. The van der Waals surface area contributed by atoms with Crippen molar-refractivity contribution in [1.29, 1.82) is 0 Å². The molecule has 0 radical (unpaired) electrons. The Morgan fingerprint density at radius 1 is 1.29 bits per heavy atom. The van der Waals surface area contributed by atoms with Crippen LogP contribution >= 0.6 is 0 Å². The summed E-state index contributed by atoms with van der Waals surface area (Å²) in [6, 6.07) is 6.18. The molecule has 0 bridgehead atoms. The van der Waals surface area contributed by atoms with Crippen LogP contribution in [0.25, 0.3) is 0 Å². The van der Waals surface area contributed by atoms with E-state index >= 15 is 0 Å². The Morgan fingerprint density at radius 3 is 2.46 bits per heavy atom. The van der Waals surface area contributed by atoms with E-state index in [9.17, 15) is 13.2 Å². The van der Waals surface area contributed by atoms with Crippen molar-refractivity contribution in [2.75, 3.05) is 18.8 Å². The quantitative estimate of drug-likeness (QED) is 0.807. The third kappa shape index (κ3) is 4.85. The molecule has 1 fully saturated rings. The zero-order valence-electron chi connectivity index (χ0n) is 14.3. The van der Waals surface area contributed by atoms with E-state index in [1.807, 2.05) is 0 Å². The van der Waals surface area contributed by atoms with E-state index in [4.69, 9.17) is 10.5 Å². The first kappa shape index (κ1) is 18.5. The molecule has 0 saturated carbocycles. The highest BCUT2D eigenvalue weighted by molar-refractivity contribution is 7.89. The summed E-state index contributed by atoms with van der Waals surface area (Å²) in [6.45, 7) is 6.09. The molecule has 0 unspecified atom stereocenters. The van der Waals surface area contributed by atoms with E-state index in [0.717, 1.165) is 0 Å². The van der Waals surface area contributed by atoms with Gasteiger partial charge in [0.15, 0.2) is 0 Å². The average Bonchev–Trinajstić information content (AvgIpc) is 2.45. The highest BCUT2D eigenvalue weighted by Gasteiger charge is 2.30. The number of nitrogen functional groups attached to an aromatic ring is 1. The van der Waals surface area contributed by atoms with Gasteiger partial charge in [-0.2, -0.15) is 4.31 Å². The first-order valence-corrected chi connectivity index (χ1v) is 9.37. The van der Waals surface area contributed by atoms with Gasteiger partial charge in [0.05, 0.1) is 4.90 Å². The number of carbonyl (C=O) groups is 1. The molecule has 24 heavy (non-hydrogen) atoms. The standard InChI is InChI=1S/C16H25N3O4S/c1-16(2,3)23-15(20)18-13-7-9-19(10-8-13)24(21,22)14-6-4-5-12(17)11-14/h4-6,11,13H,7-10,17H2,1-3H3,(H,18,20). The Hall–Kier alpha value is -1.80. The molecule has 2 rings (SSSR count). The fraction of sp³-hybridized carbons (Fsp3) is 0.562. The maximum Gasteiger partial charge on any atom is 0.407 e. The molecule has 134 valence electrons. The van der Waals surface area contributed by atoms with Crippen molar-refractivity contribution in [1.82, 2.24) is 9.62 Å². The largest absolute Gasteiger partial charge is 0.444 e. The summed E-state index contributed by atoms with van der Waals surface area (Å²) in [4.78, 5) is 12.0. The smallest absolute Gasteiger partial charge is 0.407 e. The van der Waals surface area contributed by atoms with E-state index in [0.29, 0.717) is 31.6 Å². The van der Waals surface area contributed by atoms with E-state index in [2.05, 4.69) is 5.32 Å². The molecule has 1 aromatic carbocycles. The predicted octanol–water partition coefficient (Wildman–Crippen LogP) is 1.95. The van der Waals surface area contributed by atoms with Crippen molar-refractivity contribution in [3.63, 3.8) is 0 Å². The van der Waals surface area contributed by atoms with Gasteiger partial charge in [0.2, 0.25) is 10.0 Å². The minimum Gasteiger partial charge on any atom is -0.444 e. The molecule has 0 atom stereocenters. The number of benzene rings is 1. The van der Waals surface area contributed by atoms with E-state index in [1.54, 1.807) is 32.9 Å². The van der Waals surface area contributed by atoms with E-state index in [-0.39, 0.29) is 10.9 Å². The highest BCUT2D eigenvalue weighted by Crippen LogP contribution is 2.22. The van der Waals surface area contributed by atoms with Gasteiger partial charge in [0, 0.05) is 24.8 Å². The number of nitrogens with one attached hydrogen (secondary N) is 1. The van der Waals surface area contributed by atoms with Gasteiger partial charge in [-0.15, -0.1) is 0 Å². The Balaban J connectivity index is 1.94. The third-order valence-corrected chi connectivity index (χ3v) is 5.57. The lowest BCUT2D eigenvalue weighted by Gasteiger charge is -2.32. The number of hydrogen-bond acceptors (Lipinski definition) is 5. The van der Waals surface area contributed by atoms with Crippen LogP contribution < -0.4 is 11.1 Å². The summed E-state index contributed by atoms with van der Waals surface area (Å²) >= 11 is 0. The molecule has 3 N–H and O–H groups in total. The SMILES string of the molecule is CC(C)(C)OC(=O)NC1CCN(S(=O)(=O)c2cccc(N)c2)CC1. The van der Waals surface area contributed by atoms with Crippen LogP contribution in [0.2, 0.25) is 0 Å². The fourth-order valence-electron chi connectivity index (χ4n) is 2.54. The normalized spacial score (nSPS) is 17.5. The van der Waals surface area contributed by atoms with Gasteiger partial charge >= 0.3 is 6.09 Å². The molecule has 0 aromatic heterocycles. The number of piperidine rings is 1. The van der Waals surface area contributed by atoms with Gasteiger partial charge in [-0.25, -0.2) is 13.2 Å². The lowest BCUT2D eigenvalue weighted by molar-refractivity contribution is 0.0489. The van der Waals surface area contributed by atoms with Gasteiger partial charge in [0.1, 0.15) is 5.60 Å². The summed E-state index contributed by atoms with van der Waals surface area (Å²) in [6.07, 6.45) is 0.612. The topological polar surface area (TPSA) is 102 Å². The van der Waals surface area contributed by atoms with Gasteiger partial charge in [-0.05, 0) is 51.8 Å². The number of rotatable bonds is 3. The van der Waals surface area contributed by atoms with Crippen LogP contribution in [-0.4, -0.2) is 43.5 Å². The summed E-state index contributed by atoms with van der Waals surface area (Å²) < 4.78 is 31.9. The Morgan fingerprint density at radius 2 is 1.92 bits per heavy atom. The average molecular weight is 355 g/mol. The van der Waals surface area contributed by atoms with Crippen LogP contribution in [0.5, 0.6) is 0 Å². The van der Waals surface area contributed by atoms with Crippen molar-refractivity contribution < 1.29 is 17.9 Å². The lowest BCUT2D eigenvalue weighted by atomic mass is 10.1. The maximum absolute atomic E-state index is 12.6. The molecule has 1 heterocycles. The highest BCUT2D eigenvalue weighted by atomic mass is 32.2. The molecule has 7 nitrogen and oxygen atoms in total. The number of carbonyl (C=O) groups excluding carboxylic acids is 1. The van der Waals surface area contributed by atoms with Gasteiger partial charge in [0.25, 0.3) is 0 Å². The molecule has 1 aliphatic rings. The fourth-order valence-corrected chi connectivity index (χ4v) is 4.06. The number of ether oxygens (including phenoxy) is 1. The molecule has 1 aliphatic heterocycles. The monoisotopic (exact) mass is 355 g/mol. The van der Waals surface area contributed by atoms with Crippen LogP contribution in [0.1, 0.15) is 33.6 Å². The van der Waals surface area contributed by atoms with Gasteiger partial charge in [-0.1, -0.05) is 6.07 Å². The van der Waals surface area contributed by atoms with Crippen molar-refractivity contribution in [2.24, 2.45) is 0 Å². The summed E-state index contributed by atoms with van der Waals surface area (Å²) in [5, 5.41) is 2.79. The number of hydrogen-bond donors (Lipinski definition) is 2. The van der Waals surface area contributed by atoms with Crippen LogP contribution in [0.3, 0.4) is 0 Å². The lowest BCUT2D eigenvalue weighted by Crippen LogP contribution is -2.47. The van der Waals surface area contributed by atoms with Crippen LogP contribution in [-0.2, 0) is 14.8 Å². The second-order valence-electron chi connectivity index (χ2n) is 6.90. The van der Waals surface area contributed by atoms with Crippen molar-refractivity contribution in [3.05, 3.63) is 24.3 Å². The Bertz CT molecular complexity index is 690. The number of amides is 1. The Labute approximate surface area is 143 Å². The first-order valence-electron chi connectivity index (χ1n) is 7.93. The van der Waals surface area contributed by atoms with Crippen LogP contribution in [0, 0.1) is 0 Å². The minimum atomic E-state index is -3.56. The van der Waals surface area contributed by atoms with Gasteiger partial charge in [-0.3, -0.25) is 0 Å². The zero-order chi connectivity index (χ0) is 18.0. The predicted molar refractivity (Wildman–Crippen MR) is 92.0 cm³/mol.